The van der Waals surface area contributed by atoms with E-state index in [-0.39, 0.29) is 33.0 Å². The zero-order valence-corrected chi connectivity index (χ0v) is 39.2. The fourth-order valence-corrected chi connectivity index (χ4v) is 8.42. The van der Waals surface area contributed by atoms with Gasteiger partial charge >= 0.3 is 0 Å². The molecule has 0 aliphatic carbocycles. The number of aliphatic hydroxyl groups is 3. The van der Waals surface area contributed by atoms with Crippen LogP contribution < -0.4 is 0 Å². The van der Waals surface area contributed by atoms with Gasteiger partial charge in [0.15, 0.2) is 12.6 Å². The lowest BCUT2D eigenvalue weighted by Gasteiger charge is -2.49. The van der Waals surface area contributed by atoms with Crippen LogP contribution >= 0.6 is 0 Å². The molecule has 4 aromatic rings. The average Bonchev–Trinajstić information content (AvgIpc) is 3.37. The lowest BCUT2D eigenvalue weighted by molar-refractivity contribution is -0.377. The predicted molar refractivity (Wildman–Crippen MR) is 256 cm³/mol. The molecule has 12 nitrogen and oxygen atoms in total. The molecule has 0 unspecified atom stereocenters. The summed E-state index contributed by atoms with van der Waals surface area (Å²) in [5, 5.41) is 34.0. The summed E-state index contributed by atoms with van der Waals surface area (Å²) in [5.41, 5.74) is 3.62. The molecule has 2 fully saturated rings. The summed E-state index contributed by atoms with van der Waals surface area (Å²) in [5.74, 6) is 0. The van der Waals surface area contributed by atoms with Crippen LogP contribution in [-0.4, -0.2) is 110 Å². The standard InChI is InChI=1S/C55H74O12/c1-2-3-4-5-6-7-8-9-22-33-59-34-23-24-35-60-55-53(52(64-41-45-31-20-13-21-32-45)50(47(37-57)66-55)62-39-43-27-16-11-17-28-43)67-54-48(58)51(63-40-44-29-18-12-19-30-44)49(46(36-56)65-54)61-38-42-25-14-10-15-26-42/h10-21,23-32,46-58H,2-9,22,33-41H2,1H3/b24-23-/t46-,47-,48+,49-,50-,51-,52+,53+,54+,55-/m1/s1. The molecule has 0 bridgehead atoms. The molecule has 0 radical (unpaired) electrons. The van der Waals surface area contributed by atoms with Gasteiger partial charge in [0.1, 0.15) is 48.8 Å². The lowest BCUT2D eigenvalue weighted by atomic mass is 9.96. The number of aliphatic hydroxyl groups excluding tert-OH is 3. The Morgan fingerprint density at radius 3 is 1.33 bits per heavy atom. The first kappa shape index (κ1) is 52.5. The van der Waals surface area contributed by atoms with Gasteiger partial charge < -0.3 is 58.0 Å². The number of hydrogen-bond donors (Lipinski definition) is 3. The Kier molecular flexibility index (Phi) is 24.0. The Balaban J connectivity index is 1.20. The third-order valence-electron chi connectivity index (χ3n) is 12.1. The maximum absolute atomic E-state index is 12.3. The minimum absolute atomic E-state index is 0.122. The van der Waals surface area contributed by atoms with Crippen molar-refractivity contribution in [2.45, 2.75) is 153 Å². The van der Waals surface area contributed by atoms with Crippen LogP contribution in [0.4, 0.5) is 0 Å². The Hall–Kier alpha value is -3.86. The van der Waals surface area contributed by atoms with Crippen molar-refractivity contribution in [3.63, 3.8) is 0 Å². The number of unbranched alkanes of at least 4 members (excludes halogenated alkanes) is 8. The number of rotatable bonds is 31. The molecule has 12 heteroatoms. The summed E-state index contributed by atoms with van der Waals surface area (Å²) in [4.78, 5) is 0. The first-order valence-electron chi connectivity index (χ1n) is 24.4. The molecule has 2 heterocycles. The van der Waals surface area contributed by atoms with Crippen molar-refractivity contribution in [1.82, 2.24) is 0 Å². The van der Waals surface area contributed by atoms with Crippen molar-refractivity contribution in [1.29, 1.82) is 0 Å². The average molecular weight is 927 g/mol. The van der Waals surface area contributed by atoms with E-state index in [2.05, 4.69) is 6.92 Å². The van der Waals surface area contributed by atoms with Crippen molar-refractivity contribution < 1.29 is 58.0 Å². The largest absolute Gasteiger partial charge is 0.394 e. The lowest BCUT2D eigenvalue weighted by Crippen LogP contribution is -2.66. The Labute approximate surface area is 398 Å². The van der Waals surface area contributed by atoms with Crippen molar-refractivity contribution in [2.75, 3.05) is 33.0 Å². The smallest absolute Gasteiger partial charge is 0.187 e. The third-order valence-corrected chi connectivity index (χ3v) is 12.1. The monoisotopic (exact) mass is 927 g/mol. The molecule has 6 rings (SSSR count). The van der Waals surface area contributed by atoms with Crippen molar-refractivity contribution in [2.24, 2.45) is 0 Å². The molecular formula is C55H74O12. The Morgan fingerprint density at radius 2 is 0.851 bits per heavy atom. The summed E-state index contributed by atoms with van der Waals surface area (Å²) < 4.78 is 58.3. The van der Waals surface area contributed by atoms with E-state index in [0.29, 0.717) is 13.2 Å². The Morgan fingerprint density at radius 1 is 0.448 bits per heavy atom. The summed E-state index contributed by atoms with van der Waals surface area (Å²) in [6.45, 7) is 3.36. The van der Waals surface area contributed by atoms with Crippen molar-refractivity contribution in [3.05, 3.63) is 156 Å². The molecule has 0 aromatic heterocycles. The molecule has 0 spiro atoms. The molecule has 2 aliphatic heterocycles. The van der Waals surface area contributed by atoms with E-state index in [1.807, 2.05) is 133 Å². The highest BCUT2D eigenvalue weighted by molar-refractivity contribution is 5.16. The second kappa shape index (κ2) is 30.6. The molecular weight excluding hydrogens is 853 g/mol. The van der Waals surface area contributed by atoms with E-state index in [9.17, 15) is 15.3 Å². The van der Waals surface area contributed by atoms with Crippen molar-refractivity contribution >= 4 is 0 Å². The SMILES string of the molecule is CCCCCCCCCCCOC/C=C\CO[C@@H]1O[C@H](CO)[C@@H](OCc2ccccc2)[C@H](OCc2ccccc2)[C@@H]1O[C@@H]1O[C@H](CO)[C@@H](OCc2ccccc2)[C@H](OCc2ccccc2)[C@@H]1O. The topological polar surface area (TPSA) is 144 Å². The fraction of sp³-hybridized carbons (Fsp3) is 0.527. The molecule has 2 saturated heterocycles. The maximum Gasteiger partial charge on any atom is 0.187 e. The molecule has 67 heavy (non-hydrogen) atoms. The molecule has 4 aromatic carbocycles. The zero-order valence-electron chi connectivity index (χ0n) is 39.2. The van der Waals surface area contributed by atoms with Crippen LogP contribution in [0.3, 0.4) is 0 Å². The van der Waals surface area contributed by atoms with Crippen LogP contribution in [-0.2, 0) is 69.1 Å². The van der Waals surface area contributed by atoms with Crippen LogP contribution in [0.5, 0.6) is 0 Å². The summed E-state index contributed by atoms with van der Waals surface area (Å²) in [6, 6.07) is 38.7. The second-order valence-electron chi connectivity index (χ2n) is 17.3. The minimum atomic E-state index is -1.41. The van der Waals surface area contributed by atoms with E-state index in [1.54, 1.807) is 0 Å². The van der Waals surface area contributed by atoms with Crippen LogP contribution in [0.2, 0.25) is 0 Å². The fourth-order valence-electron chi connectivity index (χ4n) is 8.42. The van der Waals surface area contributed by atoms with Gasteiger partial charge in [0.05, 0.1) is 52.9 Å². The molecule has 0 saturated carbocycles. The van der Waals surface area contributed by atoms with E-state index in [4.69, 9.17) is 42.6 Å². The highest BCUT2D eigenvalue weighted by atomic mass is 16.8. The van der Waals surface area contributed by atoms with Crippen LogP contribution in [0.25, 0.3) is 0 Å². The van der Waals surface area contributed by atoms with Gasteiger partial charge in [0.2, 0.25) is 0 Å². The highest BCUT2D eigenvalue weighted by Crippen LogP contribution is 2.35. The predicted octanol–water partition coefficient (Wildman–Crippen LogP) is 8.63. The third kappa shape index (κ3) is 17.6. The molecule has 2 aliphatic rings. The van der Waals surface area contributed by atoms with Crippen molar-refractivity contribution in [3.8, 4) is 0 Å². The van der Waals surface area contributed by atoms with Crippen LogP contribution in [0.1, 0.15) is 87.0 Å². The van der Waals surface area contributed by atoms with Gasteiger partial charge in [-0.25, -0.2) is 0 Å². The number of hydrogen-bond acceptors (Lipinski definition) is 12. The quantitative estimate of drug-likeness (QED) is 0.0329. The van der Waals surface area contributed by atoms with E-state index in [1.165, 1.54) is 44.9 Å². The van der Waals surface area contributed by atoms with Gasteiger partial charge in [0, 0.05) is 6.61 Å². The highest BCUT2D eigenvalue weighted by Gasteiger charge is 2.53. The van der Waals surface area contributed by atoms with E-state index in [0.717, 1.165) is 35.1 Å². The van der Waals surface area contributed by atoms with Gasteiger partial charge in [-0.2, -0.15) is 0 Å². The zero-order chi connectivity index (χ0) is 46.7. The number of ether oxygens (including phenoxy) is 9. The summed E-state index contributed by atoms with van der Waals surface area (Å²) in [6.07, 6.45) is 4.59. The minimum Gasteiger partial charge on any atom is -0.394 e. The molecule has 366 valence electrons. The summed E-state index contributed by atoms with van der Waals surface area (Å²) >= 11 is 0. The number of benzene rings is 4. The normalized spacial score (nSPS) is 25.4. The first-order chi connectivity index (χ1) is 33.1. The van der Waals surface area contributed by atoms with Gasteiger partial charge in [0.25, 0.3) is 0 Å². The molecule has 3 N–H and O–H groups in total. The van der Waals surface area contributed by atoms with E-state index >= 15 is 0 Å². The van der Waals surface area contributed by atoms with Gasteiger partial charge in [-0.1, -0.05) is 192 Å². The van der Waals surface area contributed by atoms with Gasteiger partial charge in [-0.05, 0) is 28.7 Å². The van der Waals surface area contributed by atoms with Gasteiger partial charge in [-0.3, -0.25) is 0 Å². The second-order valence-corrected chi connectivity index (χ2v) is 17.3. The molecule has 0 amide bonds. The van der Waals surface area contributed by atoms with Crippen LogP contribution in [0.15, 0.2) is 133 Å². The first-order valence-corrected chi connectivity index (χ1v) is 24.4. The molecule has 10 atom stereocenters. The Bertz CT molecular complexity index is 1870. The van der Waals surface area contributed by atoms with Gasteiger partial charge in [-0.15, -0.1) is 0 Å². The van der Waals surface area contributed by atoms with E-state index < -0.39 is 74.6 Å². The van der Waals surface area contributed by atoms with Crippen LogP contribution in [0, 0.1) is 0 Å². The maximum atomic E-state index is 12.3. The summed E-state index contributed by atoms with van der Waals surface area (Å²) in [7, 11) is 0.